The molecule has 5 N–H and O–H groups in total. The number of nitrogens with two attached hydrogens (primary N) is 1. The van der Waals surface area contributed by atoms with Crippen LogP contribution in [0, 0.1) is 0 Å². The van der Waals surface area contributed by atoms with Crippen LogP contribution in [0.5, 0.6) is 0 Å². The van der Waals surface area contributed by atoms with Crippen LogP contribution in [0.2, 0.25) is 0 Å². The molecule has 0 fully saturated rings. The summed E-state index contributed by atoms with van der Waals surface area (Å²) in [6.07, 6.45) is 0. The third kappa shape index (κ3) is 6.25. The van der Waals surface area contributed by atoms with Crippen LogP contribution in [0.15, 0.2) is 0 Å². The summed E-state index contributed by atoms with van der Waals surface area (Å²) in [5.41, 5.74) is 5.50. The van der Waals surface area contributed by atoms with Gasteiger partial charge in [-0.05, 0) is 0 Å². The first-order valence-corrected chi connectivity index (χ1v) is 7.71. The molecule has 10 heteroatoms. The lowest BCUT2D eigenvalue weighted by molar-refractivity contribution is -0.131. The fourth-order valence-electron chi connectivity index (χ4n) is 1.20. The molecule has 0 unspecified atom stereocenters. The second kappa shape index (κ2) is 10.2. The molecule has 3 amide bonds. The normalized spacial score (nSPS) is 14.8. The molecule has 116 valence electrons. The van der Waals surface area contributed by atoms with Crippen molar-refractivity contribution in [1.29, 1.82) is 0 Å². The third-order valence-electron chi connectivity index (χ3n) is 2.41. The van der Waals surface area contributed by atoms with Crippen LogP contribution in [0.4, 0.5) is 0 Å². The lowest BCUT2D eigenvalue weighted by Gasteiger charge is -2.21. The Labute approximate surface area is 134 Å². The highest BCUT2D eigenvalue weighted by atomic mass is 32.1. The van der Waals surface area contributed by atoms with E-state index in [1.165, 1.54) is 7.05 Å². The molecule has 0 spiro atoms. The molecule has 0 saturated carbocycles. The van der Waals surface area contributed by atoms with Crippen LogP contribution in [0.1, 0.15) is 0 Å². The van der Waals surface area contributed by atoms with E-state index in [2.05, 4.69) is 53.8 Å². The molecule has 0 aromatic carbocycles. The molecular weight excluding hydrogens is 320 g/mol. The predicted molar refractivity (Wildman–Crippen MR) is 87.5 cm³/mol. The second-order valence-corrected chi connectivity index (χ2v) is 4.99. The predicted octanol–water partition coefficient (Wildman–Crippen LogP) is -2.18. The number of nitrogens with one attached hydrogen (secondary N) is 3. The van der Waals surface area contributed by atoms with Gasteiger partial charge in [-0.15, -0.1) is 0 Å². The molecule has 0 aliphatic heterocycles. The van der Waals surface area contributed by atoms with Crippen molar-refractivity contribution in [2.45, 2.75) is 18.1 Å². The molecule has 0 bridgehead atoms. The monoisotopic (exact) mass is 340 g/mol. The van der Waals surface area contributed by atoms with Gasteiger partial charge in [0.1, 0.15) is 12.1 Å². The molecule has 0 rings (SSSR count). The Balaban J connectivity index is 4.61. The first-order chi connectivity index (χ1) is 9.40. The first-order valence-electron chi connectivity index (χ1n) is 5.81. The van der Waals surface area contributed by atoms with Crippen LogP contribution in [-0.4, -0.2) is 60.2 Å². The third-order valence-corrected chi connectivity index (χ3v) is 3.53. The average Bonchev–Trinajstić information content (AvgIpc) is 2.47. The van der Waals surface area contributed by atoms with Gasteiger partial charge < -0.3 is 21.7 Å². The van der Waals surface area contributed by atoms with Crippen molar-refractivity contribution in [3.8, 4) is 0 Å². The zero-order valence-corrected chi connectivity index (χ0v) is 13.7. The molecule has 20 heavy (non-hydrogen) atoms. The summed E-state index contributed by atoms with van der Waals surface area (Å²) in [6, 6.07) is -2.48. The number of thiol groups is 3. The maximum absolute atomic E-state index is 12.0. The number of hydrogen-bond acceptors (Lipinski definition) is 7. The lowest BCUT2D eigenvalue weighted by Crippen LogP contribution is -2.56. The number of carbonyl (C=O) groups is 3. The van der Waals surface area contributed by atoms with E-state index < -0.39 is 29.9 Å². The van der Waals surface area contributed by atoms with E-state index in [4.69, 9.17) is 5.73 Å². The summed E-state index contributed by atoms with van der Waals surface area (Å²) in [4.78, 5) is 35.0. The SMILES string of the molecule is CNC(=O)[C@@H](CS)NC(=O)[C@@H](CS)NC(=O)[C@H](N)CS. The maximum atomic E-state index is 12.0. The van der Waals surface area contributed by atoms with Crippen LogP contribution in [0.3, 0.4) is 0 Å². The summed E-state index contributed by atoms with van der Waals surface area (Å²) >= 11 is 11.9. The van der Waals surface area contributed by atoms with E-state index >= 15 is 0 Å². The molecule has 0 aromatic heterocycles. The van der Waals surface area contributed by atoms with Gasteiger partial charge in [0.05, 0.1) is 6.04 Å². The summed E-state index contributed by atoms with van der Waals surface area (Å²) in [5.74, 6) is -1.04. The van der Waals surface area contributed by atoms with Crippen molar-refractivity contribution in [3.05, 3.63) is 0 Å². The zero-order chi connectivity index (χ0) is 15.7. The van der Waals surface area contributed by atoms with Crippen molar-refractivity contribution in [3.63, 3.8) is 0 Å². The van der Waals surface area contributed by atoms with Gasteiger partial charge in [-0.1, -0.05) is 0 Å². The Kier molecular flexibility index (Phi) is 9.90. The molecule has 0 heterocycles. The molecule has 7 nitrogen and oxygen atoms in total. The Morgan fingerprint density at radius 2 is 1.35 bits per heavy atom. The van der Waals surface area contributed by atoms with Crippen molar-refractivity contribution in [2.24, 2.45) is 5.73 Å². The highest BCUT2D eigenvalue weighted by molar-refractivity contribution is 7.80. The fraction of sp³-hybridized carbons (Fsp3) is 0.700. The van der Waals surface area contributed by atoms with E-state index in [-0.39, 0.29) is 23.2 Å². The quantitative estimate of drug-likeness (QED) is 0.255. The maximum Gasteiger partial charge on any atom is 0.244 e. The minimum Gasteiger partial charge on any atom is -0.357 e. The van der Waals surface area contributed by atoms with Gasteiger partial charge in [-0.25, -0.2) is 0 Å². The summed E-state index contributed by atoms with van der Waals surface area (Å²) in [5, 5.41) is 7.33. The number of likely N-dealkylation sites (N-methyl/N-ethyl adjacent to an activating group) is 1. The largest absolute Gasteiger partial charge is 0.357 e. The highest BCUT2D eigenvalue weighted by Crippen LogP contribution is 1.95. The number of amides is 3. The smallest absolute Gasteiger partial charge is 0.244 e. The number of rotatable bonds is 8. The molecule has 0 saturated heterocycles. The number of carbonyl (C=O) groups excluding carboxylic acids is 3. The molecule has 3 atom stereocenters. The molecule has 0 radical (unpaired) electrons. The van der Waals surface area contributed by atoms with E-state index in [1.807, 2.05) is 0 Å². The second-order valence-electron chi connectivity index (χ2n) is 3.89. The summed E-state index contributed by atoms with van der Waals surface area (Å²) < 4.78 is 0. The van der Waals surface area contributed by atoms with Gasteiger partial charge in [-0.2, -0.15) is 37.9 Å². The molecular formula is C10H20N4O3S3. The summed E-state index contributed by atoms with van der Waals surface area (Å²) in [7, 11) is 1.45. The topological polar surface area (TPSA) is 113 Å². The molecule has 0 aliphatic carbocycles. The van der Waals surface area contributed by atoms with Crippen LogP contribution in [0.25, 0.3) is 0 Å². The molecule has 0 aliphatic rings. The lowest BCUT2D eigenvalue weighted by atomic mass is 10.2. The van der Waals surface area contributed by atoms with Crippen LogP contribution in [-0.2, 0) is 14.4 Å². The van der Waals surface area contributed by atoms with E-state index in [0.29, 0.717) is 0 Å². The van der Waals surface area contributed by atoms with Crippen molar-refractivity contribution < 1.29 is 14.4 Å². The average molecular weight is 340 g/mol. The van der Waals surface area contributed by atoms with E-state index in [1.54, 1.807) is 0 Å². The van der Waals surface area contributed by atoms with Gasteiger partial charge in [-0.3, -0.25) is 14.4 Å². The van der Waals surface area contributed by atoms with Gasteiger partial charge in [0, 0.05) is 24.3 Å². The minimum absolute atomic E-state index is 0.0733. The Bertz CT molecular complexity index is 357. The molecule has 0 aromatic rings. The Morgan fingerprint density at radius 3 is 1.75 bits per heavy atom. The summed E-state index contributed by atoms with van der Waals surface area (Å²) in [6.45, 7) is 0. The van der Waals surface area contributed by atoms with Crippen LogP contribution >= 0.6 is 37.9 Å². The Hall–Kier alpha value is -0.580. The first kappa shape index (κ1) is 19.4. The van der Waals surface area contributed by atoms with E-state index in [9.17, 15) is 14.4 Å². The van der Waals surface area contributed by atoms with Gasteiger partial charge in [0.2, 0.25) is 17.7 Å². The fourth-order valence-corrected chi connectivity index (χ4v) is 1.88. The van der Waals surface area contributed by atoms with Crippen molar-refractivity contribution in [2.75, 3.05) is 24.3 Å². The van der Waals surface area contributed by atoms with Crippen molar-refractivity contribution in [1.82, 2.24) is 16.0 Å². The minimum atomic E-state index is -0.885. The van der Waals surface area contributed by atoms with E-state index in [0.717, 1.165) is 0 Å². The van der Waals surface area contributed by atoms with Gasteiger partial charge >= 0.3 is 0 Å². The van der Waals surface area contributed by atoms with Crippen molar-refractivity contribution >= 4 is 55.6 Å². The zero-order valence-electron chi connectivity index (χ0n) is 11.0. The standard InChI is InChI=1S/C10H20N4O3S3/c1-12-9(16)6(3-19)14-10(17)7(4-20)13-8(15)5(11)2-18/h5-7,18-20H,2-4,11H2,1H3,(H,12,16)(H,13,15)(H,14,17)/t5-,6-,7-/m1/s1. The number of hydrogen-bond donors (Lipinski definition) is 7. The van der Waals surface area contributed by atoms with Crippen LogP contribution < -0.4 is 21.7 Å². The Morgan fingerprint density at radius 1 is 0.900 bits per heavy atom. The van der Waals surface area contributed by atoms with Gasteiger partial charge in [0.25, 0.3) is 0 Å². The van der Waals surface area contributed by atoms with Gasteiger partial charge in [0.15, 0.2) is 0 Å². The highest BCUT2D eigenvalue weighted by Gasteiger charge is 2.25.